The molecule has 26 heavy (non-hydrogen) atoms. The molecule has 0 bridgehead atoms. The molecule has 0 saturated carbocycles. The van der Waals surface area contributed by atoms with Gasteiger partial charge in [-0.05, 0) is 54.6 Å². The average Bonchev–Trinajstić information content (AvgIpc) is 2.63. The molecule has 0 spiro atoms. The molecule has 0 fully saturated rings. The number of sulfonamides is 1. The van der Waals surface area contributed by atoms with Gasteiger partial charge in [0.2, 0.25) is 0 Å². The van der Waals surface area contributed by atoms with Crippen molar-refractivity contribution >= 4 is 38.9 Å². The number of hydrogen-bond donors (Lipinski definition) is 2. The number of aromatic nitrogens is 1. The van der Waals surface area contributed by atoms with Crippen LogP contribution in [0.5, 0.6) is 0 Å². The van der Waals surface area contributed by atoms with Crippen LogP contribution in [0.3, 0.4) is 0 Å². The number of carbonyl (C=O) groups is 1. The number of rotatable bonds is 5. The fourth-order valence-corrected chi connectivity index (χ4v) is 3.54. The molecule has 0 unspecified atom stereocenters. The van der Waals surface area contributed by atoms with E-state index in [1.54, 1.807) is 36.7 Å². The van der Waals surface area contributed by atoms with E-state index in [1.165, 1.54) is 36.4 Å². The van der Waals surface area contributed by atoms with Crippen LogP contribution in [0.25, 0.3) is 0 Å². The molecule has 0 aliphatic carbocycles. The lowest BCUT2D eigenvalue weighted by atomic mass is 10.2. The minimum Gasteiger partial charge on any atom is -0.322 e. The molecule has 0 atom stereocenters. The van der Waals surface area contributed by atoms with E-state index in [-0.39, 0.29) is 10.8 Å². The van der Waals surface area contributed by atoms with Gasteiger partial charge in [-0.3, -0.25) is 14.5 Å². The summed E-state index contributed by atoms with van der Waals surface area (Å²) in [5.41, 5.74) is 1.36. The summed E-state index contributed by atoms with van der Waals surface area (Å²) in [6, 6.07) is 15.4. The SMILES string of the molecule is O=C(Nc1ccncc1)c1ccc(NS(=O)(=O)c2cccc(Cl)c2)cc1. The van der Waals surface area contributed by atoms with Gasteiger partial charge in [0, 0.05) is 34.4 Å². The largest absolute Gasteiger partial charge is 0.322 e. The number of hydrogen-bond acceptors (Lipinski definition) is 4. The Labute approximate surface area is 155 Å². The van der Waals surface area contributed by atoms with Crippen molar-refractivity contribution in [2.24, 2.45) is 0 Å². The number of halogens is 1. The first kappa shape index (κ1) is 17.9. The highest BCUT2D eigenvalue weighted by molar-refractivity contribution is 7.92. The molecule has 132 valence electrons. The van der Waals surface area contributed by atoms with Gasteiger partial charge in [0.1, 0.15) is 0 Å². The van der Waals surface area contributed by atoms with Crippen molar-refractivity contribution in [3.05, 3.63) is 83.6 Å². The van der Waals surface area contributed by atoms with E-state index >= 15 is 0 Å². The summed E-state index contributed by atoms with van der Waals surface area (Å²) in [5.74, 6) is -0.305. The van der Waals surface area contributed by atoms with Gasteiger partial charge >= 0.3 is 0 Å². The predicted octanol–water partition coefficient (Wildman–Crippen LogP) is 3.79. The van der Waals surface area contributed by atoms with E-state index in [1.807, 2.05) is 0 Å². The van der Waals surface area contributed by atoms with Gasteiger partial charge in [-0.1, -0.05) is 17.7 Å². The zero-order valence-electron chi connectivity index (χ0n) is 13.4. The Morgan fingerprint density at radius 1 is 0.923 bits per heavy atom. The van der Waals surface area contributed by atoms with Crippen molar-refractivity contribution < 1.29 is 13.2 Å². The van der Waals surface area contributed by atoms with E-state index in [0.717, 1.165) is 0 Å². The summed E-state index contributed by atoms with van der Waals surface area (Å²) >= 11 is 5.84. The third-order valence-electron chi connectivity index (χ3n) is 3.44. The van der Waals surface area contributed by atoms with Crippen LogP contribution in [-0.4, -0.2) is 19.3 Å². The maximum atomic E-state index is 12.4. The lowest BCUT2D eigenvalue weighted by Crippen LogP contribution is -2.14. The van der Waals surface area contributed by atoms with Gasteiger partial charge < -0.3 is 5.32 Å². The highest BCUT2D eigenvalue weighted by atomic mass is 35.5. The van der Waals surface area contributed by atoms with Crippen LogP contribution in [-0.2, 0) is 10.0 Å². The molecule has 3 rings (SSSR count). The number of pyridine rings is 1. The van der Waals surface area contributed by atoms with Gasteiger partial charge in [0.15, 0.2) is 0 Å². The fraction of sp³-hybridized carbons (Fsp3) is 0. The van der Waals surface area contributed by atoms with Crippen molar-refractivity contribution in [1.29, 1.82) is 0 Å². The van der Waals surface area contributed by atoms with Gasteiger partial charge in [-0.2, -0.15) is 0 Å². The number of nitrogens with zero attached hydrogens (tertiary/aromatic N) is 1. The molecule has 1 aromatic heterocycles. The standard InChI is InChI=1S/C18H14ClN3O3S/c19-14-2-1-3-17(12-14)26(24,25)22-16-6-4-13(5-7-16)18(23)21-15-8-10-20-11-9-15/h1-12,22H,(H,20,21,23). The molecule has 2 aromatic carbocycles. The smallest absolute Gasteiger partial charge is 0.261 e. The highest BCUT2D eigenvalue weighted by Gasteiger charge is 2.15. The summed E-state index contributed by atoms with van der Waals surface area (Å²) in [4.78, 5) is 16.1. The van der Waals surface area contributed by atoms with Gasteiger partial charge in [-0.25, -0.2) is 8.42 Å². The van der Waals surface area contributed by atoms with E-state index in [0.29, 0.717) is 22.0 Å². The molecule has 0 aliphatic rings. The molecule has 0 saturated heterocycles. The summed E-state index contributed by atoms with van der Waals surface area (Å²) in [5, 5.41) is 3.06. The fourth-order valence-electron chi connectivity index (χ4n) is 2.18. The van der Waals surface area contributed by atoms with Crippen molar-refractivity contribution in [1.82, 2.24) is 4.98 Å². The summed E-state index contributed by atoms with van der Waals surface area (Å²) in [7, 11) is -3.76. The summed E-state index contributed by atoms with van der Waals surface area (Å²) in [6.45, 7) is 0. The van der Waals surface area contributed by atoms with Crippen molar-refractivity contribution in [3.63, 3.8) is 0 Å². The number of nitrogens with one attached hydrogen (secondary N) is 2. The number of carbonyl (C=O) groups excluding carboxylic acids is 1. The van der Waals surface area contributed by atoms with Gasteiger partial charge in [0.25, 0.3) is 15.9 Å². The predicted molar refractivity (Wildman–Crippen MR) is 101 cm³/mol. The average molecular weight is 388 g/mol. The van der Waals surface area contributed by atoms with Crippen LogP contribution < -0.4 is 10.0 Å². The molecular formula is C18H14ClN3O3S. The lowest BCUT2D eigenvalue weighted by Gasteiger charge is -2.09. The van der Waals surface area contributed by atoms with Crippen LogP contribution >= 0.6 is 11.6 Å². The molecule has 0 aliphatic heterocycles. The first-order chi connectivity index (χ1) is 12.4. The van der Waals surface area contributed by atoms with Crippen molar-refractivity contribution in [2.75, 3.05) is 10.0 Å². The minimum absolute atomic E-state index is 0.0597. The summed E-state index contributed by atoms with van der Waals surface area (Å²) in [6.07, 6.45) is 3.15. The Balaban J connectivity index is 1.72. The molecule has 1 amide bonds. The first-order valence-corrected chi connectivity index (χ1v) is 9.40. The van der Waals surface area contributed by atoms with Gasteiger partial charge in [-0.15, -0.1) is 0 Å². The zero-order valence-corrected chi connectivity index (χ0v) is 15.0. The monoisotopic (exact) mass is 387 g/mol. The van der Waals surface area contributed by atoms with Gasteiger partial charge in [0.05, 0.1) is 4.90 Å². The minimum atomic E-state index is -3.76. The Kier molecular flexibility index (Phi) is 5.20. The van der Waals surface area contributed by atoms with Crippen LogP contribution in [0.15, 0.2) is 78.0 Å². The van der Waals surface area contributed by atoms with Crippen LogP contribution in [0.1, 0.15) is 10.4 Å². The second-order valence-corrected chi connectivity index (χ2v) is 7.45. The Morgan fingerprint density at radius 3 is 2.27 bits per heavy atom. The lowest BCUT2D eigenvalue weighted by molar-refractivity contribution is 0.102. The molecule has 6 nitrogen and oxygen atoms in total. The Hall–Kier alpha value is -2.90. The third-order valence-corrected chi connectivity index (χ3v) is 5.06. The number of amides is 1. The maximum Gasteiger partial charge on any atom is 0.261 e. The topological polar surface area (TPSA) is 88.2 Å². The van der Waals surface area contributed by atoms with Crippen LogP contribution in [0.2, 0.25) is 5.02 Å². The van der Waals surface area contributed by atoms with E-state index in [2.05, 4.69) is 15.0 Å². The molecule has 8 heteroatoms. The molecule has 1 heterocycles. The molecule has 0 radical (unpaired) electrons. The molecular weight excluding hydrogens is 374 g/mol. The first-order valence-electron chi connectivity index (χ1n) is 7.54. The molecule has 2 N–H and O–H groups in total. The quantitative estimate of drug-likeness (QED) is 0.697. The second kappa shape index (κ2) is 7.55. The Bertz CT molecular complexity index is 1020. The number of anilines is 2. The second-order valence-electron chi connectivity index (χ2n) is 5.33. The van der Waals surface area contributed by atoms with E-state index in [4.69, 9.17) is 11.6 Å². The maximum absolute atomic E-state index is 12.4. The van der Waals surface area contributed by atoms with Crippen molar-refractivity contribution in [3.8, 4) is 0 Å². The van der Waals surface area contributed by atoms with E-state index < -0.39 is 10.0 Å². The molecule has 3 aromatic rings. The summed E-state index contributed by atoms with van der Waals surface area (Å²) < 4.78 is 27.2. The van der Waals surface area contributed by atoms with Crippen LogP contribution in [0, 0.1) is 0 Å². The van der Waals surface area contributed by atoms with Crippen LogP contribution in [0.4, 0.5) is 11.4 Å². The third kappa shape index (κ3) is 4.38. The Morgan fingerprint density at radius 2 is 1.62 bits per heavy atom. The van der Waals surface area contributed by atoms with E-state index in [9.17, 15) is 13.2 Å². The zero-order chi connectivity index (χ0) is 18.6. The number of benzene rings is 2. The normalized spacial score (nSPS) is 11.0. The van der Waals surface area contributed by atoms with Crippen molar-refractivity contribution in [2.45, 2.75) is 4.90 Å². The highest BCUT2D eigenvalue weighted by Crippen LogP contribution is 2.20.